The van der Waals surface area contributed by atoms with Crippen LogP contribution in [0.5, 0.6) is 0 Å². The highest BCUT2D eigenvalue weighted by Gasteiger charge is 2.21. The number of aryl methyl sites for hydroxylation is 1. The first-order valence-corrected chi connectivity index (χ1v) is 9.13. The predicted octanol–water partition coefficient (Wildman–Crippen LogP) is 2.88. The molecule has 5 heteroatoms. The van der Waals surface area contributed by atoms with Crippen LogP contribution >= 0.6 is 0 Å². The normalized spacial score (nSPS) is 16.5. The van der Waals surface area contributed by atoms with Crippen LogP contribution in [0.3, 0.4) is 0 Å². The highest BCUT2D eigenvalue weighted by atomic mass is 15.3. The lowest BCUT2D eigenvalue weighted by Crippen LogP contribution is -2.37. The number of fused-ring (bicyclic) bond motifs is 1. The maximum atomic E-state index is 4.63. The zero-order chi connectivity index (χ0) is 17.9. The van der Waals surface area contributed by atoms with E-state index < -0.39 is 0 Å². The lowest BCUT2D eigenvalue weighted by molar-refractivity contribution is 0.460. The first kappa shape index (κ1) is 16.8. The van der Waals surface area contributed by atoms with Crippen molar-refractivity contribution in [2.75, 3.05) is 25.0 Å². The SMILES string of the molecule is CN1CC(CNCc2cn(C)nc2-c2ccncc2)Cc2ccccc21. The van der Waals surface area contributed by atoms with Gasteiger partial charge in [-0.2, -0.15) is 5.10 Å². The number of benzene rings is 1. The first-order chi connectivity index (χ1) is 12.7. The van der Waals surface area contributed by atoms with Crippen molar-refractivity contribution in [2.24, 2.45) is 13.0 Å². The number of rotatable bonds is 5. The summed E-state index contributed by atoms with van der Waals surface area (Å²) in [6.45, 7) is 2.92. The molecule has 0 amide bonds. The van der Waals surface area contributed by atoms with Crippen LogP contribution in [-0.2, 0) is 20.0 Å². The number of para-hydroxylation sites is 1. The molecule has 1 aliphatic rings. The van der Waals surface area contributed by atoms with E-state index in [0.29, 0.717) is 5.92 Å². The Bertz CT molecular complexity index is 871. The fraction of sp³-hybridized carbons (Fsp3) is 0.333. The minimum atomic E-state index is 0.621. The van der Waals surface area contributed by atoms with Gasteiger partial charge in [0.1, 0.15) is 0 Å². The molecule has 1 unspecified atom stereocenters. The second-order valence-corrected chi connectivity index (χ2v) is 7.12. The lowest BCUT2D eigenvalue weighted by atomic mass is 9.93. The van der Waals surface area contributed by atoms with Gasteiger partial charge in [0.25, 0.3) is 0 Å². The molecule has 3 heterocycles. The van der Waals surface area contributed by atoms with Crippen molar-refractivity contribution in [3.05, 3.63) is 66.1 Å². The van der Waals surface area contributed by atoms with Gasteiger partial charge < -0.3 is 10.2 Å². The molecule has 0 spiro atoms. The average molecular weight is 347 g/mol. The van der Waals surface area contributed by atoms with Crippen molar-refractivity contribution in [2.45, 2.75) is 13.0 Å². The van der Waals surface area contributed by atoms with E-state index in [-0.39, 0.29) is 0 Å². The molecule has 2 aromatic heterocycles. The van der Waals surface area contributed by atoms with Crippen LogP contribution in [0, 0.1) is 5.92 Å². The molecule has 3 aromatic rings. The molecule has 5 nitrogen and oxygen atoms in total. The van der Waals surface area contributed by atoms with Crippen LogP contribution in [-0.4, -0.2) is 34.9 Å². The highest BCUT2D eigenvalue weighted by Crippen LogP contribution is 2.28. The second-order valence-electron chi connectivity index (χ2n) is 7.12. The maximum absolute atomic E-state index is 4.63. The van der Waals surface area contributed by atoms with E-state index in [0.717, 1.165) is 37.3 Å². The third-order valence-corrected chi connectivity index (χ3v) is 5.05. The van der Waals surface area contributed by atoms with Gasteiger partial charge in [0, 0.05) is 69.1 Å². The Morgan fingerprint density at radius 1 is 1.12 bits per heavy atom. The summed E-state index contributed by atoms with van der Waals surface area (Å²) >= 11 is 0. The molecule has 1 atom stereocenters. The van der Waals surface area contributed by atoms with Gasteiger partial charge in [-0.15, -0.1) is 0 Å². The van der Waals surface area contributed by atoms with E-state index >= 15 is 0 Å². The molecule has 134 valence electrons. The summed E-state index contributed by atoms with van der Waals surface area (Å²) in [5.74, 6) is 0.621. The minimum absolute atomic E-state index is 0.621. The molecule has 0 aliphatic carbocycles. The van der Waals surface area contributed by atoms with E-state index in [2.05, 4.69) is 57.8 Å². The summed E-state index contributed by atoms with van der Waals surface area (Å²) in [6.07, 6.45) is 6.87. The van der Waals surface area contributed by atoms with Crippen molar-refractivity contribution in [1.29, 1.82) is 0 Å². The van der Waals surface area contributed by atoms with Crippen LogP contribution in [0.1, 0.15) is 11.1 Å². The van der Waals surface area contributed by atoms with E-state index in [1.54, 1.807) is 0 Å². The van der Waals surface area contributed by atoms with Gasteiger partial charge in [-0.3, -0.25) is 9.67 Å². The Labute approximate surface area is 154 Å². The van der Waals surface area contributed by atoms with E-state index in [4.69, 9.17) is 0 Å². The minimum Gasteiger partial charge on any atom is -0.374 e. The van der Waals surface area contributed by atoms with Crippen LogP contribution in [0.15, 0.2) is 55.0 Å². The van der Waals surface area contributed by atoms with Gasteiger partial charge in [0.2, 0.25) is 0 Å². The molecule has 4 rings (SSSR count). The zero-order valence-corrected chi connectivity index (χ0v) is 15.4. The number of pyridine rings is 1. The average Bonchev–Trinajstić information content (AvgIpc) is 3.03. The smallest absolute Gasteiger partial charge is 0.0969 e. The van der Waals surface area contributed by atoms with E-state index in [1.165, 1.54) is 16.8 Å². The molecular formula is C21H25N5. The van der Waals surface area contributed by atoms with Gasteiger partial charge >= 0.3 is 0 Å². The van der Waals surface area contributed by atoms with Gasteiger partial charge in [0.05, 0.1) is 5.69 Å². The van der Waals surface area contributed by atoms with Crippen LogP contribution in [0.4, 0.5) is 5.69 Å². The van der Waals surface area contributed by atoms with Crippen molar-refractivity contribution in [3.63, 3.8) is 0 Å². The topological polar surface area (TPSA) is 46.0 Å². The maximum Gasteiger partial charge on any atom is 0.0969 e. The fourth-order valence-corrected chi connectivity index (χ4v) is 3.88. The monoisotopic (exact) mass is 347 g/mol. The van der Waals surface area contributed by atoms with E-state index in [9.17, 15) is 0 Å². The number of hydrogen-bond acceptors (Lipinski definition) is 4. The number of nitrogens with one attached hydrogen (secondary N) is 1. The molecule has 1 N–H and O–H groups in total. The molecule has 1 aromatic carbocycles. The summed E-state index contributed by atoms with van der Waals surface area (Å²) in [4.78, 5) is 6.47. The number of aromatic nitrogens is 3. The Hall–Kier alpha value is -2.66. The largest absolute Gasteiger partial charge is 0.374 e. The lowest BCUT2D eigenvalue weighted by Gasteiger charge is -2.33. The first-order valence-electron chi connectivity index (χ1n) is 9.13. The summed E-state index contributed by atoms with van der Waals surface area (Å²) in [5.41, 5.74) is 6.20. The predicted molar refractivity (Wildman–Crippen MR) is 105 cm³/mol. The third kappa shape index (κ3) is 3.48. The molecule has 0 saturated heterocycles. The Morgan fingerprint density at radius 2 is 1.92 bits per heavy atom. The number of anilines is 1. The van der Waals surface area contributed by atoms with Crippen LogP contribution in [0.2, 0.25) is 0 Å². The van der Waals surface area contributed by atoms with Crippen molar-refractivity contribution in [1.82, 2.24) is 20.1 Å². The number of nitrogens with zero attached hydrogens (tertiary/aromatic N) is 4. The molecular weight excluding hydrogens is 322 g/mol. The summed E-state index contributed by atoms with van der Waals surface area (Å²) < 4.78 is 1.89. The summed E-state index contributed by atoms with van der Waals surface area (Å²) in [5, 5.41) is 8.28. The Kier molecular flexibility index (Phi) is 4.71. The molecule has 1 aliphatic heterocycles. The van der Waals surface area contributed by atoms with Gasteiger partial charge in [-0.25, -0.2) is 0 Å². The zero-order valence-electron chi connectivity index (χ0n) is 15.4. The summed E-state index contributed by atoms with van der Waals surface area (Å²) in [7, 11) is 4.16. The molecule has 0 fully saturated rings. The highest BCUT2D eigenvalue weighted by molar-refractivity contribution is 5.62. The van der Waals surface area contributed by atoms with Gasteiger partial charge in [0.15, 0.2) is 0 Å². The molecule has 0 saturated carbocycles. The quantitative estimate of drug-likeness (QED) is 0.771. The molecule has 0 bridgehead atoms. The van der Waals surface area contributed by atoms with Crippen LogP contribution in [0.25, 0.3) is 11.3 Å². The fourth-order valence-electron chi connectivity index (χ4n) is 3.88. The Balaban J connectivity index is 1.40. The second kappa shape index (κ2) is 7.30. The summed E-state index contributed by atoms with van der Waals surface area (Å²) in [6, 6.07) is 12.8. The standard InChI is InChI=1S/C21H25N5/c1-25-14-16(11-18-5-3-4-6-20(18)25)12-23-13-19-15-26(2)24-21(19)17-7-9-22-10-8-17/h3-10,15-16,23H,11-14H2,1-2H3. The van der Waals surface area contributed by atoms with Gasteiger partial charge in [-0.1, -0.05) is 18.2 Å². The van der Waals surface area contributed by atoms with Crippen molar-refractivity contribution >= 4 is 5.69 Å². The molecule has 0 radical (unpaired) electrons. The molecule has 26 heavy (non-hydrogen) atoms. The third-order valence-electron chi connectivity index (χ3n) is 5.05. The number of hydrogen-bond donors (Lipinski definition) is 1. The van der Waals surface area contributed by atoms with Crippen molar-refractivity contribution in [3.8, 4) is 11.3 Å². The van der Waals surface area contributed by atoms with Crippen molar-refractivity contribution < 1.29 is 0 Å². The Morgan fingerprint density at radius 3 is 2.77 bits per heavy atom. The van der Waals surface area contributed by atoms with E-state index in [1.807, 2.05) is 36.3 Å². The van der Waals surface area contributed by atoms with Crippen LogP contribution < -0.4 is 10.2 Å². The van der Waals surface area contributed by atoms with Gasteiger partial charge in [-0.05, 0) is 36.1 Å².